The standard InChI is InChI=1S/C24H25N3OS/c1-15-5-9-18(10-6-15)13-27(4)14-20-25-23(28)22-21(17(3)29-24(22)26-20)19-11-7-16(2)8-12-19/h5-12H,13-14H2,1-4H3,(H,25,26,28). The summed E-state index contributed by atoms with van der Waals surface area (Å²) >= 11 is 1.59. The maximum Gasteiger partial charge on any atom is 0.260 e. The molecule has 0 spiro atoms. The Kier molecular flexibility index (Phi) is 5.35. The van der Waals surface area contributed by atoms with Gasteiger partial charge in [-0.3, -0.25) is 9.69 Å². The lowest BCUT2D eigenvalue weighted by atomic mass is 10.0. The predicted molar refractivity (Wildman–Crippen MR) is 122 cm³/mol. The van der Waals surface area contributed by atoms with E-state index in [-0.39, 0.29) is 5.56 Å². The van der Waals surface area contributed by atoms with Crippen molar-refractivity contribution in [1.29, 1.82) is 0 Å². The quantitative estimate of drug-likeness (QED) is 0.498. The Balaban J connectivity index is 1.63. The van der Waals surface area contributed by atoms with Crippen molar-refractivity contribution in [3.63, 3.8) is 0 Å². The van der Waals surface area contributed by atoms with E-state index in [9.17, 15) is 4.79 Å². The zero-order valence-electron chi connectivity index (χ0n) is 17.2. The van der Waals surface area contributed by atoms with Crippen LogP contribution in [0.2, 0.25) is 0 Å². The lowest BCUT2D eigenvalue weighted by molar-refractivity contribution is 0.311. The molecule has 2 heterocycles. The minimum absolute atomic E-state index is 0.0614. The Labute approximate surface area is 174 Å². The van der Waals surface area contributed by atoms with Gasteiger partial charge >= 0.3 is 0 Å². The molecule has 0 aliphatic rings. The average molecular weight is 404 g/mol. The highest BCUT2D eigenvalue weighted by molar-refractivity contribution is 7.19. The zero-order valence-corrected chi connectivity index (χ0v) is 18.1. The summed E-state index contributed by atoms with van der Waals surface area (Å²) in [5, 5.41) is 0.696. The number of hydrogen-bond donors (Lipinski definition) is 1. The van der Waals surface area contributed by atoms with Crippen molar-refractivity contribution >= 4 is 21.6 Å². The first-order valence-electron chi connectivity index (χ1n) is 9.74. The minimum atomic E-state index is -0.0614. The van der Waals surface area contributed by atoms with Crippen molar-refractivity contribution in [2.45, 2.75) is 33.9 Å². The average Bonchev–Trinajstić information content (AvgIpc) is 3.00. The van der Waals surface area contributed by atoms with Gasteiger partial charge in [-0.25, -0.2) is 4.98 Å². The molecule has 2 aromatic heterocycles. The van der Waals surface area contributed by atoms with Gasteiger partial charge in [0, 0.05) is 17.0 Å². The Bertz CT molecular complexity index is 1200. The summed E-state index contributed by atoms with van der Waals surface area (Å²) in [5.74, 6) is 0.703. The summed E-state index contributed by atoms with van der Waals surface area (Å²) in [6, 6.07) is 16.8. The number of fused-ring (bicyclic) bond motifs is 1. The number of rotatable bonds is 5. The molecule has 5 heteroatoms. The largest absolute Gasteiger partial charge is 0.309 e. The predicted octanol–water partition coefficient (Wildman–Crippen LogP) is 5.21. The highest BCUT2D eigenvalue weighted by atomic mass is 32.1. The smallest absolute Gasteiger partial charge is 0.260 e. The first-order chi connectivity index (χ1) is 13.9. The molecule has 148 valence electrons. The number of hydrogen-bond acceptors (Lipinski definition) is 4. The van der Waals surface area contributed by atoms with Gasteiger partial charge in [0.05, 0.1) is 11.9 Å². The third-order valence-electron chi connectivity index (χ3n) is 5.12. The molecule has 1 N–H and O–H groups in total. The third-order valence-corrected chi connectivity index (χ3v) is 6.12. The number of aromatic amines is 1. The van der Waals surface area contributed by atoms with Crippen LogP contribution in [0, 0.1) is 20.8 Å². The maximum absolute atomic E-state index is 12.9. The second-order valence-electron chi connectivity index (χ2n) is 7.75. The van der Waals surface area contributed by atoms with Crippen molar-refractivity contribution < 1.29 is 0 Å². The van der Waals surface area contributed by atoms with Crippen molar-refractivity contribution in [2.24, 2.45) is 0 Å². The van der Waals surface area contributed by atoms with Gasteiger partial charge in [-0.05, 0) is 38.9 Å². The number of H-pyrrole nitrogens is 1. The minimum Gasteiger partial charge on any atom is -0.309 e. The lowest BCUT2D eigenvalue weighted by Gasteiger charge is -2.16. The first kappa shape index (κ1) is 19.6. The van der Waals surface area contributed by atoms with Crippen LogP contribution in [-0.4, -0.2) is 21.9 Å². The van der Waals surface area contributed by atoms with Crippen LogP contribution in [0.3, 0.4) is 0 Å². The van der Waals surface area contributed by atoms with Gasteiger partial charge in [0.25, 0.3) is 5.56 Å². The SMILES string of the molecule is Cc1ccc(CN(C)Cc2nc3sc(C)c(-c4ccc(C)cc4)c3c(=O)[nH]2)cc1. The first-order valence-corrected chi connectivity index (χ1v) is 10.6. The molecular formula is C24H25N3OS. The van der Waals surface area contributed by atoms with Crippen molar-refractivity contribution in [1.82, 2.24) is 14.9 Å². The van der Waals surface area contributed by atoms with Crippen molar-refractivity contribution in [3.05, 3.63) is 86.3 Å². The van der Waals surface area contributed by atoms with E-state index in [1.54, 1.807) is 11.3 Å². The number of aromatic nitrogens is 2. The second-order valence-corrected chi connectivity index (χ2v) is 8.95. The number of aryl methyl sites for hydroxylation is 3. The van der Waals surface area contributed by atoms with Crippen LogP contribution in [0.15, 0.2) is 53.3 Å². The lowest BCUT2D eigenvalue weighted by Crippen LogP contribution is -2.21. The van der Waals surface area contributed by atoms with Gasteiger partial charge in [-0.2, -0.15) is 0 Å². The normalized spacial score (nSPS) is 11.5. The molecule has 0 atom stereocenters. The van der Waals surface area contributed by atoms with Gasteiger partial charge in [0.2, 0.25) is 0 Å². The molecule has 0 saturated heterocycles. The van der Waals surface area contributed by atoms with Gasteiger partial charge in [0.1, 0.15) is 10.7 Å². The molecule has 0 fully saturated rings. The van der Waals surface area contributed by atoms with E-state index < -0.39 is 0 Å². The molecule has 0 amide bonds. The second kappa shape index (κ2) is 7.93. The van der Waals surface area contributed by atoms with Crippen LogP contribution >= 0.6 is 11.3 Å². The summed E-state index contributed by atoms with van der Waals surface area (Å²) < 4.78 is 0. The number of benzene rings is 2. The van der Waals surface area contributed by atoms with Gasteiger partial charge in [-0.15, -0.1) is 11.3 Å². The summed E-state index contributed by atoms with van der Waals surface area (Å²) in [6.07, 6.45) is 0. The summed E-state index contributed by atoms with van der Waals surface area (Å²) in [5.41, 5.74) is 5.71. The Morgan fingerprint density at radius 2 is 1.55 bits per heavy atom. The molecule has 29 heavy (non-hydrogen) atoms. The van der Waals surface area contributed by atoms with E-state index in [2.05, 4.69) is 79.2 Å². The van der Waals surface area contributed by atoms with Crippen LogP contribution in [-0.2, 0) is 13.1 Å². The van der Waals surface area contributed by atoms with Crippen LogP contribution in [0.25, 0.3) is 21.3 Å². The summed E-state index contributed by atoms with van der Waals surface area (Å²) in [4.78, 5) is 24.8. The molecule has 2 aromatic carbocycles. The molecule has 0 aliphatic heterocycles. The molecule has 0 radical (unpaired) electrons. The van der Waals surface area contributed by atoms with Gasteiger partial charge in [-0.1, -0.05) is 59.7 Å². The van der Waals surface area contributed by atoms with Crippen LogP contribution in [0.4, 0.5) is 0 Å². The molecule has 4 nitrogen and oxygen atoms in total. The fourth-order valence-electron chi connectivity index (χ4n) is 3.62. The van der Waals surface area contributed by atoms with E-state index in [0.29, 0.717) is 17.8 Å². The van der Waals surface area contributed by atoms with E-state index in [1.807, 2.05) is 7.05 Å². The molecule has 0 aliphatic carbocycles. The summed E-state index contributed by atoms with van der Waals surface area (Å²) in [7, 11) is 2.04. The molecule has 0 bridgehead atoms. The highest BCUT2D eigenvalue weighted by Gasteiger charge is 2.17. The number of nitrogens with zero attached hydrogens (tertiary/aromatic N) is 2. The zero-order chi connectivity index (χ0) is 20.5. The van der Waals surface area contributed by atoms with Crippen LogP contribution < -0.4 is 5.56 Å². The number of thiophene rings is 1. The van der Waals surface area contributed by atoms with Gasteiger partial charge < -0.3 is 4.98 Å². The molecule has 4 aromatic rings. The fraction of sp³-hybridized carbons (Fsp3) is 0.250. The fourth-order valence-corrected chi connectivity index (χ4v) is 4.69. The van der Waals surface area contributed by atoms with Crippen molar-refractivity contribution in [2.75, 3.05) is 7.05 Å². The Hall–Kier alpha value is -2.76. The van der Waals surface area contributed by atoms with Gasteiger partial charge in [0.15, 0.2) is 0 Å². The third kappa shape index (κ3) is 4.16. The van der Waals surface area contributed by atoms with E-state index in [0.717, 1.165) is 27.4 Å². The maximum atomic E-state index is 12.9. The molecule has 4 rings (SSSR count). The van der Waals surface area contributed by atoms with Crippen molar-refractivity contribution in [3.8, 4) is 11.1 Å². The topological polar surface area (TPSA) is 49.0 Å². The van der Waals surface area contributed by atoms with E-state index in [1.165, 1.54) is 16.7 Å². The number of nitrogens with one attached hydrogen (secondary N) is 1. The summed E-state index contributed by atoms with van der Waals surface area (Å²) in [6.45, 7) is 7.61. The molecule has 0 saturated carbocycles. The van der Waals surface area contributed by atoms with E-state index >= 15 is 0 Å². The van der Waals surface area contributed by atoms with Crippen LogP contribution in [0.1, 0.15) is 27.4 Å². The van der Waals surface area contributed by atoms with Crippen LogP contribution in [0.5, 0.6) is 0 Å². The monoisotopic (exact) mass is 403 g/mol. The molecular weight excluding hydrogens is 378 g/mol. The molecule has 0 unspecified atom stereocenters. The van der Waals surface area contributed by atoms with E-state index in [4.69, 9.17) is 4.98 Å². The Morgan fingerprint density at radius 3 is 2.21 bits per heavy atom. The highest BCUT2D eigenvalue weighted by Crippen LogP contribution is 2.35. The Morgan fingerprint density at radius 1 is 0.931 bits per heavy atom.